The van der Waals surface area contributed by atoms with E-state index in [0.29, 0.717) is 18.1 Å². The van der Waals surface area contributed by atoms with Crippen molar-refractivity contribution >= 4 is 17.0 Å². The summed E-state index contributed by atoms with van der Waals surface area (Å²) in [6.45, 7) is 2.31. The number of imidazole rings is 1. The van der Waals surface area contributed by atoms with E-state index < -0.39 is 5.97 Å². The Bertz CT molecular complexity index is 770. The number of rotatable bonds is 4. The molecule has 0 aliphatic carbocycles. The molecule has 3 aromatic rings. The van der Waals surface area contributed by atoms with Crippen LogP contribution in [0.5, 0.6) is 0 Å². The Balaban J connectivity index is 2.17. The zero-order valence-electron chi connectivity index (χ0n) is 11.0. The minimum Gasteiger partial charge on any atom is -0.481 e. The Hall–Kier alpha value is -2.56. The van der Waals surface area contributed by atoms with Gasteiger partial charge in [0.2, 0.25) is 0 Å². The van der Waals surface area contributed by atoms with Crippen LogP contribution in [0.2, 0.25) is 0 Å². The molecule has 0 saturated heterocycles. The molecule has 102 valence electrons. The molecular formula is C15H14N2O3. The molecule has 0 amide bonds. The molecule has 1 N–H and O–H groups in total. The quantitative estimate of drug-likeness (QED) is 0.791. The Kier molecular flexibility index (Phi) is 3.02. The lowest BCUT2D eigenvalue weighted by Crippen LogP contribution is -2.06. The summed E-state index contributed by atoms with van der Waals surface area (Å²) in [4.78, 5) is 15.4. The Labute approximate surface area is 115 Å². The van der Waals surface area contributed by atoms with Crippen molar-refractivity contribution < 1.29 is 14.3 Å². The van der Waals surface area contributed by atoms with Crippen molar-refractivity contribution in [1.29, 1.82) is 0 Å². The number of carbonyl (C=O) groups is 1. The van der Waals surface area contributed by atoms with E-state index in [1.807, 2.05) is 41.8 Å². The smallest absolute Gasteiger partial charge is 0.305 e. The van der Waals surface area contributed by atoms with Crippen LogP contribution in [0.25, 0.3) is 22.6 Å². The molecule has 1 aromatic carbocycles. The summed E-state index contributed by atoms with van der Waals surface area (Å²) in [7, 11) is 0. The molecule has 3 rings (SSSR count). The maximum atomic E-state index is 10.8. The summed E-state index contributed by atoms with van der Waals surface area (Å²) in [6.07, 6.45) is 1.67. The van der Waals surface area contributed by atoms with Gasteiger partial charge in [0.15, 0.2) is 11.6 Å². The largest absolute Gasteiger partial charge is 0.481 e. The standard InChI is InChI=1S/C15H14N2O3/c1-10-7-9-20-14(10)15-16-11-4-2-3-5-12(11)17(15)8-6-13(18)19/h2-5,7,9H,6,8H2,1H3,(H,18,19). The number of fused-ring (bicyclic) bond motifs is 1. The highest BCUT2D eigenvalue weighted by Crippen LogP contribution is 2.28. The summed E-state index contributed by atoms with van der Waals surface area (Å²) >= 11 is 0. The van der Waals surface area contributed by atoms with Crippen LogP contribution in [0.3, 0.4) is 0 Å². The molecule has 20 heavy (non-hydrogen) atoms. The van der Waals surface area contributed by atoms with Crippen LogP contribution in [0.15, 0.2) is 41.0 Å². The normalized spacial score (nSPS) is 11.1. The van der Waals surface area contributed by atoms with Gasteiger partial charge in [-0.25, -0.2) is 4.98 Å². The molecule has 0 aliphatic rings. The van der Waals surface area contributed by atoms with Crippen LogP contribution in [0.4, 0.5) is 0 Å². The predicted octanol–water partition coefficient (Wildman–Crippen LogP) is 3.08. The fourth-order valence-electron chi connectivity index (χ4n) is 2.28. The second-order valence-corrected chi connectivity index (χ2v) is 4.65. The van der Waals surface area contributed by atoms with Gasteiger partial charge in [-0.05, 0) is 30.7 Å². The highest BCUT2D eigenvalue weighted by molar-refractivity contribution is 5.80. The summed E-state index contributed by atoms with van der Waals surface area (Å²) in [6, 6.07) is 9.55. The first-order valence-electron chi connectivity index (χ1n) is 6.38. The van der Waals surface area contributed by atoms with Crippen LogP contribution >= 0.6 is 0 Å². The Morgan fingerprint density at radius 1 is 1.35 bits per heavy atom. The highest BCUT2D eigenvalue weighted by Gasteiger charge is 2.17. The Morgan fingerprint density at radius 3 is 2.85 bits per heavy atom. The average molecular weight is 270 g/mol. The van der Waals surface area contributed by atoms with Crippen molar-refractivity contribution in [2.45, 2.75) is 19.9 Å². The van der Waals surface area contributed by atoms with E-state index in [0.717, 1.165) is 16.6 Å². The van der Waals surface area contributed by atoms with E-state index in [1.165, 1.54) is 0 Å². The summed E-state index contributed by atoms with van der Waals surface area (Å²) < 4.78 is 7.39. The SMILES string of the molecule is Cc1ccoc1-c1nc2ccccc2n1CCC(=O)O. The number of aryl methyl sites for hydroxylation is 2. The van der Waals surface area contributed by atoms with E-state index in [1.54, 1.807) is 6.26 Å². The maximum absolute atomic E-state index is 10.8. The summed E-state index contributed by atoms with van der Waals surface area (Å²) in [5.74, 6) is 0.534. The zero-order chi connectivity index (χ0) is 14.1. The second kappa shape index (κ2) is 4.85. The number of hydrogen-bond acceptors (Lipinski definition) is 3. The predicted molar refractivity (Wildman–Crippen MR) is 74.4 cm³/mol. The molecule has 0 fully saturated rings. The molecule has 2 heterocycles. The van der Waals surface area contributed by atoms with Gasteiger partial charge in [-0.15, -0.1) is 0 Å². The van der Waals surface area contributed by atoms with E-state index in [2.05, 4.69) is 4.98 Å². The summed E-state index contributed by atoms with van der Waals surface area (Å²) in [5.41, 5.74) is 2.74. The van der Waals surface area contributed by atoms with Gasteiger partial charge in [0, 0.05) is 6.54 Å². The van der Waals surface area contributed by atoms with E-state index in [9.17, 15) is 4.79 Å². The first-order valence-corrected chi connectivity index (χ1v) is 6.38. The molecule has 0 spiro atoms. The number of para-hydroxylation sites is 2. The van der Waals surface area contributed by atoms with E-state index >= 15 is 0 Å². The second-order valence-electron chi connectivity index (χ2n) is 4.65. The van der Waals surface area contributed by atoms with Gasteiger partial charge in [0.25, 0.3) is 0 Å². The van der Waals surface area contributed by atoms with Gasteiger partial charge in [-0.1, -0.05) is 12.1 Å². The first kappa shape index (κ1) is 12.5. The number of aliphatic carboxylic acids is 1. The fourth-order valence-corrected chi connectivity index (χ4v) is 2.28. The van der Waals surface area contributed by atoms with Crippen molar-refractivity contribution in [3.63, 3.8) is 0 Å². The van der Waals surface area contributed by atoms with Crippen LogP contribution in [0.1, 0.15) is 12.0 Å². The Morgan fingerprint density at radius 2 is 2.15 bits per heavy atom. The number of aromatic nitrogens is 2. The summed E-state index contributed by atoms with van der Waals surface area (Å²) in [5, 5.41) is 8.90. The van der Waals surface area contributed by atoms with Crippen LogP contribution < -0.4 is 0 Å². The third kappa shape index (κ3) is 2.07. The molecule has 5 nitrogen and oxygen atoms in total. The molecule has 0 unspecified atom stereocenters. The number of furan rings is 1. The van der Waals surface area contributed by atoms with Crippen molar-refractivity contribution in [3.8, 4) is 11.6 Å². The first-order chi connectivity index (χ1) is 9.66. The molecule has 0 saturated carbocycles. The third-order valence-electron chi connectivity index (χ3n) is 3.27. The minimum absolute atomic E-state index is 0.0487. The van der Waals surface area contributed by atoms with E-state index in [4.69, 9.17) is 9.52 Å². The van der Waals surface area contributed by atoms with Gasteiger partial charge in [0.1, 0.15) is 0 Å². The molecule has 5 heteroatoms. The van der Waals surface area contributed by atoms with Crippen molar-refractivity contribution in [2.24, 2.45) is 0 Å². The molecule has 0 atom stereocenters. The van der Waals surface area contributed by atoms with E-state index in [-0.39, 0.29) is 6.42 Å². The van der Waals surface area contributed by atoms with Crippen LogP contribution in [0, 0.1) is 6.92 Å². The monoisotopic (exact) mass is 270 g/mol. The van der Waals surface area contributed by atoms with Crippen LogP contribution in [-0.2, 0) is 11.3 Å². The lowest BCUT2D eigenvalue weighted by Gasteiger charge is -2.06. The van der Waals surface area contributed by atoms with Crippen molar-refractivity contribution in [1.82, 2.24) is 9.55 Å². The molecular weight excluding hydrogens is 256 g/mol. The highest BCUT2D eigenvalue weighted by atomic mass is 16.4. The number of carboxylic acids is 1. The molecule has 2 aromatic heterocycles. The molecule has 0 bridgehead atoms. The van der Waals surface area contributed by atoms with Crippen LogP contribution in [-0.4, -0.2) is 20.6 Å². The van der Waals surface area contributed by atoms with Gasteiger partial charge >= 0.3 is 5.97 Å². The lowest BCUT2D eigenvalue weighted by molar-refractivity contribution is -0.137. The fraction of sp³-hybridized carbons (Fsp3) is 0.200. The molecule has 0 aliphatic heterocycles. The number of benzene rings is 1. The van der Waals surface area contributed by atoms with Crippen molar-refractivity contribution in [3.05, 3.63) is 42.2 Å². The van der Waals surface area contributed by atoms with Crippen molar-refractivity contribution in [2.75, 3.05) is 0 Å². The third-order valence-corrected chi connectivity index (χ3v) is 3.27. The number of hydrogen-bond donors (Lipinski definition) is 1. The average Bonchev–Trinajstić information content (AvgIpc) is 2.99. The topological polar surface area (TPSA) is 68.3 Å². The zero-order valence-corrected chi connectivity index (χ0v) is 11.0. The van der Waals surface area contributed by atoms with Gasteiger partial charge in [0.05, 0.1) is 23.7 Å². The lowest BCUT2D eigenvalue weighted by atomic mass is 10.2. The van der Waals surface area contributed by atoms with Gasteiger partial charge in [-0.3, -0.25) is 4.79 Å². The van der Waals surface area contributed by atoms with Gasteiger partial charge in [-0.2, -0.15) is 0 Å². The minimum atomic E-state index is -0.829. The number of nitrogens with zero attached hydrogens (tertiary/aromatic N) is 2. The van der Waals surface area contributed by atoms with Gasteiger partial charge < -0.3 is 14.1 Å². The molecule has 0 radical (unpaired) electrons. The number of carboxylic acid groups (broad SMARTS) is 1. The maximum Gasteiger partial charge on any atom is 0.305 e.